The van der Waals surface area contributed by atoms with E-state index in [1.165, 1.54) is 12.1 Å². The predicted molar refractivity (Wildman–Crippen MR) is 126 cm³/mol. The fraction of sp³-hybridized carbons (Fsp3) is 0.524. The number of rotatable bonds is 5. The first kappa shape index (κ1) is 25.3. The molecule has 10 heteroatoms. The first-order chi connectivity index (χ1) is 14.3. The van der Waals surface area contributed by atoms with Crippen LogP contribution in [0.2, 0.25) is 0 Å². The van der Waals surface area contributed by atoms with Crippen LogP contribution in [0.25, 0.3) is 0 Å². The largest absolute Gasteiger partial charge is 0.416 e. The zero-order chi connectivity index (χ0) is 21.7. The van der Waals surface area contributed by atoms with E-state index in [0.717, 1.165) is 42.0 Å². The molecule has 0 amide bonds. The normalized spacial score (nSPS) is 15.1. The lowest BCUT2D eigenvalue weighted by atomic mass is 10.1. The average Bonchev–Trinajstić information content (AvgIpc) is 3.05. The van der Waals surface area contributed by atoms with E-state index >= 15 is 0 Å². The molecular formula is C21H29F3IN5O. The topological polar surface area (TPSA) is 56.9 Å². The van der Waals surface area contributed by atoms with Crippen molar-refractivity contribution in [1.29, 1.82) is 0 Å². The highest BCUT2D eigenvalue weighted by molar-refractivity contribution is 14.0. The zero-order valence-electron chi connectivity index (χ0n) is 18.0. The predicted octanol–water partition coefficient (Wildman–Crippen LogP) is 4.26. The highest BCUT2D eigenvalue weighted by Gasteiger charge is 2.31. The van der Waals surface area contributed by atoms with Crippen LogP contribution < -0.4 is 10.2 Å². The number of aromatic nitrogens is 1. The van der Waals surface area contributed by atoms with Crippen molar-refractivity contribution in [2.75, 3.05) is 44.2 Å². The van der Waals surface area contributed by atoms with Gasteiger partial charge in [0.2, 0.25) is 0 Å². The number of aryl methyl sites for hydroxylation is 2. The van der Waals surface area contributed by atoms with E-state index in [9.17, 15) is 13.2 Å². The Hall–Kier alpha value is -1.98. The Morgan fingerprint density at radius 3 is 2.48 bits per heavy atom. The van der Waals surface area contributed by atoms with Gasteiger partial charge >= 0.3 is 6.18 Å². The number of hydrogen-bond donors (Lipinski definition) is 1. The van der Waals surface area contributed by atoms with Crippen molar-refractivity contribution >= 4 is 35.6 Å². The van der Waals surface area contributed by atoms with Crippen molar-refractivity contribution in [2.24, 2.45) is 4.99 Å². The molecule has 172 valence electrons. The highest BCUT2D eigenvalue weighted by Crippen LogP contribution is 2.31. The molecule has 1 aromatic carbocycles. The lowest BCUT2D eigenvalue weighted by molar-refractivity contribution is -0.137. The van der Waals surface area contributed by atoms with E-state index in [1.807, 2.05) is 25.7 Å². The van der Waals surface area contributed by atoms with Crippen molar-refractivity contribution < 1.29 is 17.7 Å². The molecule has 1 aliphatic heterocycles. The Bertz CT molecular complexity index is 857. The Labute approximate surface area is 197 Å². The van der Waals surface area contributed by atoms with Gasteiger partial charge in [0, 0.05) is 50.5 Å². The van der Waals surface area contributed by atoms with Gasteiger partial charge in [0.1, 0.15) is 5.76 Å². The number of guanidine groups is 1. The molecule has 31 heavy (non-hydrogen) atoms. The van der Waals surface area contributed by atoms with Gasteiger partial charge < -0.3 is 19.6 Å². The van der Waals surface area contributed by atoms with Crippen LogP contribution in [0.1, 0.15) is 29.5 Å². The second-order valence-corrected chi connectivity index (χ2v) is 7.31. The first-order valence-corrected chi connectivity index (χ1v) is 10.2. The second-order valence-electron chi connectivity index (χ2n) is 7.31. The van der Waals surface area contributed by atoms with Crippen LogP contribution in [0.3, 0.4) is 0 Å². The molecule has 0 spiro atoms. The standard InChI is InChI=1S/C21H28F3N5O.HI/c1-4-25-20(26-9-8-19-15(2)27-30-16(19)3)29-12-10-28(11-13-29)18-7-5-6-17(14-18)21(22,23)24;/h5-7,14H,4,8-13H2,1-3H3,(H,25,26);1H. The molecule has 0 atom stereocenters. The number of hydrogen-bond acceptors (Lipinski definition) is 4. The molecule has 3 rings (SSSR count). The van der Waals surface area contributed by atoms with Gasteiger partial charge in [-0.05, 0) is 45.4 Å². The molecule has 0 bridgehead atoms. The van der Waals surface area contributed by atoms with Crippen molar-refractivity contribution in [3.63, 3.8) is 0 Å². The van der Waals surface area contributed by atoms with Crippen LogP contribution in [0.5, 0.6) is 0 Å². The second kappa shape index (κ2) is 11.1. The summed E-state index contributed by atoms with van der Waals surface area (Å²) in [6.07, 6.45) is -3.58. The molecule has 1 aromatic heterocycles. The number of anilines is 1. The highest BCUT2D eigenvalue weighted by atomic mass is 127. The SMILES string of the molecule is CCNC(=NCCc1c(C)noc1C)N1CCN(c2cccc(C(F)(F)F)c2)CC1.I. The minimum Gasteiger partial charge on any atom is -0.368 e. The van der Waals surface area contributed by atoms with Gasteiger partial charge in [-0.15, -0.1) is 24.0 Å². The number of alkyl halides is 3. The van der Waals surface area contributed by atoms with Crippen LogP contribution in [-0.4, -0.2) is 55.3 Å². The quantitative estimate of drug-likeness (QED) is 0.342. The average molecular weight is 551 g/mol. The zero-order valence-corrected chi connectivity index (χ0v) is 20.3. The summed E-state index contributed by atoms with van der Waals surface area (Å²) in [5.41, 5.74) is 1.97. The third-order valence-electron chi connectivity index (χ3n) is 5.26. The number of aliphatic imine (C=N–C) groups is 1. The van der Waals surface area contributed by atoms with Crippen LogP contribution in [0.4, 0.5) is 18.9 Å². The Kier molecular flexibility index (Phi) is 9.01. The number of nitrogens with zero attached hydrogens (tertiary/aromatic N) is 4. The fourth-order valence-corrected chi connectivity index (χ4v) is 3.61. The van der Waals surface area contributed by atoms with Gasteiger partial charge in [-0.25, -0.2) is 0 Å². The molecule has 6 nitrogen and oxygen atoms in total. The molecule has 1 aliphatic rings. The van der Waals surface area contributed by atoms with Gasteiger partial charge in [-0.3, -0.25) is 4.99 Å². The monoisotopic (exact) mass is 551 g/mol. The maximum atomic E-state index is 13.0. The molecule has 2 heterocycles. The molecule has 1 fully saturated rings. The Balaban J connectivity index is 0.00000341. The van der Waals surface area contributed by atoms with Gasteiger partial charge in [0.25, 0.3) is 0 Å². The van der Waals surface area contributed by atoms with Crippen LogP contribution in [0.15, 0.2) is 33.8 Å². The summed E-state index contributed by atoms with van der Waals surface area (Å²) in [4.78, 5) is 8.87. The summed E-state index contributed by atoms with van der Waals surface area (Å²) in [6, 6.07) is 5.52. The van der Waals surface area contributed by atoms with E-state index in [-0.39, 0.29) is 24.0 Å². The van der Waals surface area contributed by atoms with E-state index in [1.54, 1.807) is 6.07 Å². The summed E-state index contributed by atoms with van der Waals surface area (Å²) >= 11 is 0. The number of halogens is 4. The number of benzene rings is 1. The lowest BCUT2D eigenvalue weighted by Gasteiger charge is -2.38. The van der Waals surface area contributed by atoms with Crippen LogP contribution in [0, 0.1) is 13.8 Å². The molecule has 1 saturated heterocycles. The van der Waals surface area contributed by atoms with Gasteiger partial charge in [-0.2, -0.15) is 13.2 Å². The molecule has 0 radical (unpaired) electrons. The summed E-state index contributed by atoms with van der Waals surface area (Å²) in [5.74, 6) is 1.65. The molecule has 0 aliphatic carbocycles. The lowest BCUT2D eigenvalue weighted by Crippen LogP contribution is -2.52. The summed E-state index contributed by atoms with van der Waals surface area (Å²) in [5, 5.41) is 7.29. The third kappa shape index (κ3) is 6.50. The van der Waals surface area contributed by atoms with E-state index in [0.29, 0.717) is 38.4 Å². The Morgan fingerprint density at radius 1 is 1.19 bits per heavy atom. The maximum Gasteiger partial charge on any atom is 0.416 e. The van der Waals surface area contributed by atoms with Gasteiger partial charge in [0.05, 0.1) is 11.3 Å². The molecular weight excluding hydrogens is 522 g/mol. The van der Waals surface area contributed by atoms with Crippen molar-refractivity contribution in [2.45, 2.75) is 33.4 Å². The minimum absolute atomic E-state index is 0. The van der Waals surface area contributed by atoms with E-state index < -0.39 is 11.7 Å². The van der Waals surface area contributed by atoms with E-state index in [2.05, 4.69) is 15.4 Å². The summed E-state index contributed by atoms with van der Waals surface area (Å²) < 4.78 is 44.2. The van der Waals surface area contributed by atoms with E-state index in [4.69, 9.17) is 9.52 Å². The summed E-state index contributed by atoms with van der Waals surface area (Å²) in [7, 11) is 0. The van der Waals surface area contributed by atoms with Gasteiger partial charge in [-0.1, -0.05) is 11.2 Å². The smallest absolute Gasteiger partial charge is 0.368 e. The number of piperazine rings is 1. The molecule has 2 aromatic rings. The van der Waals surface area contributed by atoms with Crippen molar-refractivity contribution in [1.82, 2.24) is 15.4 Å². The van der Waals surface area contributed by atoms with Gasteiger partial charge in [0.15, 0.2) is 5.96 Å². The molecule has 1 N–H and O–H groups in total. The summed E-state index contributed by atoms with van der Waals surface area (Å²) in [6.45, 7) is 9.84. The fourth-order valence-electron chi connectivity index (χ4n) is 3.61. The van der Waals surface area contributed by atoms with Crippen LogP contribution >= 0.6 is 24.0 Å². The Morgan fingerprint density at radius 2 is 1.90 bits per heavy atom. The molecule has 0 unspecified atom stereocenters. The molecule has 0 saturated carbocycles. The minimum atomic E-state index is -4.33. The van der Waals surface area contributed by atoms with Crippen molar-refractivity contribution in [3.8, 4) is 0 Å². The number of nitrogens with one attached hydrogen (secondary N) is 1. The maximum absolute atomic E-state index is 13.0. The van der Waals surface area contributed by atoms with Crippen molar-refractivity contribution in [3.05, 3.63) is 46.8 Å². The first-order valence-electron chi connectivity index (χ1n) is 10.2. The van der Waals surface area contributed by atoms with Crippen LogP contribution in [-0.2, 0) is 12.6 Å². The third-order valence-corrected chi connectivity index (χ3v) is 5.26.